The highest BCUT2D eigenvalue weighted by molar-refractivity contribution is 6.03. The molecule has 9 N–H and O–H groups in total. The number of urea groups is 1. The molecule has 186 valence electrons. The molecule has 0 atom stereocenters. The van der Waals surface area contributed by atoms with Crippen LogP contribution in [0.25, 0.3) is 0 Å². The highest BCUT2D eigenvalue weighted by Gasteiger charge is 2.06. The van der Waals surface area contributed by atoms with Crippen LogP contribution in [0.15, 0.2) is 88.8 Å². The summed E-state index contributed by atoms with van der Waals surface area (Å²) in [5.74, 6) is -0.271. The lowest BCUT2D eigenvalue weighted by atomic mass is 10.1. The van der Waals surface area contributed by atoms with Gasteiger partial charge in [0.2, 0.25) is 0 Å². The molecular weight excluding hydrogens is 456 g/mol. The summed E-state index contributed by atoms with van der Waals surface area (Å²) < 4.78 is 0. The molecule has 3 aromatic carbocycles. The van der Waals surface area contributed by atoms with Crippen molar-refractivity contribution in [3.8, 4) is 0 Å². The molecular formula is C26H30N8O2. The summed E-state index contributed by atoms with van der Waals surface area (Å²) in [6, 6.07) is 23.5. The fraction of sp³-hybridized carbons (Fsp3) is 0.154. The molecule has 0 heterocycles. The molecule has 10 nitrogen and oxygen atoms in total. The van der Waals surface area contributed by atoms with Crippen molar-refractivity contribution < 1.29 is 9.59 Å². The number of aliphatic imine (C=N–C) groups is 2. The number of benzene rings is 3. The van der Waals surface area contributed by atoms with Crippen LogP contribution in [0.2, 0.25) is 0 Å². The van der Waals surface area contributed by atoms with Crippen LogP contribution in [0.5, 0.6) is 0 Å². The lowest BCUT2D eigenvalue weighted by Crippen LogP contribution is -2.48. The zero-order valence-electron chi connectivity index (χ0n) is 19.8. The Kier molecular flexibility index (Phi) is 9.54. The van der Waals surface area contributed by atoms with Gasteiger partial charge < -0.3 is 22.5 Å². The van der Waals surface area contributed by atoms with Crippen LogP contribution in [0, 0.1) is 0 Å². The summed E-state index contributed by atoms with van der Waals surface area (Å²) >= 11 is 0. The molecule has 0 saturated heterocycles. The van der Waals surface area contributed by atoms with E-state index in [1.165, 1.54) is 0 Å². The molecule has 0 spiro atoms. The summed E-state index contributed by atoms with van der Waals surface area (Å²) in [7, 11) is 0. The van der Waals surface area contributed by atoms with Gasteiger partial charge in [-0.3, -0.25) is 15.4 Å². The van der Waals surface area contributed by atoms with E-state index in [9.17, 15) is 9.59 Å². The van der Waals surface area contributed by atoms with Crippen molar-refractivity contribution in [1.29, 1.82) is 0 Å². The van der Waals surface area contributed by atoms with Crippen LogP contribution >= 0.6 is 0 Å². The van der Waals surface area contributed by atoms with Crippen molar-refractivity contribution in [2.24, 2.45) is 27.2 Å². The number of hydrogen-bond donors (Lipinski definition) is 6. The molecule has 3 amide bonds. The number of nitrogens with one attached hydrogen (secondary N) is 3. The SMILES string of the molecule is NCc1cccc(CN=C(N)NC(=O)NC(N)=NCc2cccc(CNC(=O)c3ccccc3)c2)c1. The van der Waals surface area contributed by atoms with Gasteiger partial charge in [0, 0.05) is 18.7 Å². The maximum atomic E-state index is 12.2. The maximum Gasteiger partial charge on any atom is 0.328 e. The zero-order chi connectivity index (χ0) is 25.8. The molecule has 0 aliphatic rings. The lowest BCUT2D eigenvalue weighted by molar-refractivity contribution is 0.0951. The van der Waals surface area contributed by atoms with E-state index >= 15 is 0 Å². The molecule has 0 aliphatic heterocycles. The van der Waals surface area contributed by atoms with Crippen LogP contribution in [0.1, 0.15) is 32.6 Å². The van der Waals surface area contributed by atoms with Crippen LogP contribution in [0.3, 0.4) is 0 Å². The standard InChI is InChI=1S/C26H30N8O2/c27-14-18-6-4-7-19(12-18)16-31-24(28)33-26(36)34-25(29)32-17-21-9-5-8-20(13-21)15-30-23(35)22-10-2-1-3-11-22/h1-13H,14-17,27H2,(H,30,35)(H6,28,29,31,32,33,34,36). The smallest absolute Gasteiger partial charge is 0.328 e. The topological polar surface area (TPSA) is 173 Å². The second kappa shape index (κ2) is 13.3. The number of hydrogen-bond acceptors (Lipinski definition) is 5. The summed E-state index contributed by atoms with van der Waals surface area (Å²) in [6.07, 6.45) is 0. The van der Waals surface area contributed by atoms with Crippen molar-refractivity contribution >= 4 is 23.9 Å². The fourth-order valence-corrected chi connectivity index (χ4v) is 3.26. The van der Waals surface area contributed by atoms with Gasteiger partial charge in [0.05, 0.1) is 13.1 Å². The van der Waals surface area contributed by atoms with Crippen molar-refractivity contribution in [3.05, 3.63) is 107 Å². The molecule has 0 radical (unpaired) electrons. The number of rotatable bonds is 8. The molecule has 0 unspecified atom stereocenters. The largest absolute Gasteiger partial charge is 0.370 e. The minimum absolute atomic E-state index is 0.0521. The average molecular weight is 487 g/mol. The first-order valence-electron chi connectivity index (χ1n) is 11.3. The maximum absolute atomic E-state index is 12.2. The quantitative estimate of drug-likeness (QED) is 0.210. The lowest BCUT2D eigenvalue weighted by Gasteiger charge is -2.08. The van der Waals surface area contributed by atoms with E-state index in [-0.39, 0.29) is 24.4 Å². The molecule has 0 fully saturated rings. The molecule has 3 rings (SSSR count). The van der Waals surface area contributed by atoms with Gasteiger partial charge in [0.1, 0.15) is 0 Å². The molecule has 0 aliphatic carbocycles. The van der Waals surface area contributed by atoms with E-state index in [1.54, 1.807) is 12.1 Å². The number of nitrogens with two attached hydrogens (primary N) is 3. The number of carbonyl (C=O) groups excluding carboxylic acids is 2. The number of carbonyl (C=O) groups is 2. The van der Waals surface area contributed by atoms with Gasteiger partial charge in [0.25, 0.3) is 5.91 Å². The Morgan fingerprint density at radius 1 is 0.694 bits per heavy atom. The molecule has 0 aromatic heterocycles. The van der Waals surface area contributed by atoms with Crippen molar-refractivity contribution in [2.75, 3.05) is 0 Å². The van der Waals surface area contributed by atoms with Gasteiger partial charge in [-0.1, -0.05) is 66.7 Å². The first-order valence-corrected chi connectivity index (χ1v) is 11.3. The predicted octanol–water partition coefficient (Wildman–Crippen LogP) is 1.70. The van der Waals surface area contributed by atoms with Gasteiger partial charge in [-0.15, -0.1) is 0 Å². The highest BCUT2D eigenvalue weighted by atomic mass is 16.2. The number of guanidine groups is 2. The Hall–Kier alpha value is -4.70. The van der Waals surface area contributed by atoms with E-state index < -0.39 is 6.03 Å². The summed E-state index contributed by atoms with van der Waals surface area (Å²) in [5.41, 5.74) is 21.5. The normalized spacial score (nSPS) is 11.6. The Morgan fingerprint density at radius 2 is 1.22 bits per heavy atom. The van der Waals surface area contributed by atoms with E-state index in [1.807, 2.05) is 66.7 Å². The molecule has 10 heteroatoms. The second-order valence-electron chi connectivity index (χ2n) is 7.87. The molecule has 0 bridgehead atoms. The zero-order valence-corrected chi connectivity index (χ0v) is 19.8. The minimum Gasteiger partial charge on any atom is -0.370 e. The Morgan fingerprint density at radius 3 is 1.81 bits per heavy atom. The third kappa shape index (κ3) is 8.58. The van der Waals surface area contributed by atoms with Gasteiger partial charge >= 0.3 is 6.03 Å². The Labute approximate surface area is 209 Å². The van der Waals surface area contributed by atoms with Gasteiger partial charge in [-0.05, 0) is 34.4 Å². The Bertz CT molecular complexity index is 1240. The fourth-order valence-electron chi connectivity index (χ4n) is 3.26. The number of nitrogens with zero attached hydrogens (tertiary/aromatic N) is 2. The van der Waals surface area contributed by atoms with E-state index in [2.05, 4.69) is 25.9 Å². The monoisotopic (exact) mass is 486 g/mol. The molecule has 0 saturated carbocycles. The first-order chi connectivity index (χ1) is 17.4. The van der Waals surface area contributed by atoms with E-state index in [0.29, 0.717) is 25.2 Å². The molecule has 36 heavy (non-hydrogen) atoms. The average Bonchev–Trinajstić information content (AvgIpc) is 2.90. The van der Waals surface area contributed by atoms with Gasteiger partial charge in [-0.25, -0.2) is 14.8 Å². The number of amides is 3. The third-order valence-corrected chi connectivity index (χ3v) is 5.05. The van der Waals surface area contributed by atoms with Gasteiger partial charge in [0.15, 0.2) is 11.9 Å². The van der Waals surface area contributed by atoms with E-state index in [4.69, 9.17) is 17.2 Å². The first kappa shape index (κ1) is 25.9. The highest BCUT2D eigenvalue weighted by Crippen LogP contribution is 2.08. The Balaban J connectivity index is 1.46. The summed E-state index contributed by atoms with van der Waals surface area (Å²) in [4.78, 5) is 32.6. The summed E-state index contributed by atoms with van der Waals surface area (Å²) in [6.45, 7) is 1.34. The van der Waals surface area contributed by atoms with Crippen molar-refractivity contribution in [2.45, 2.75) is 26.2 Å². The van der Waals surface area contributed by atoms with Crippen LogP contribution in [-0.4, -0.2) is 23.9 Å². The van der Waals surface area contributed by atoms with Crippen LogP contribution < -0.4 is 33.2 Å². The minimum atomic E-state index is -0.648. The van der Waals surface area contributed by atoms with Crippen molar-refractivity contribution in [3.63, 3.8) is 0 Å². The molecule has 3 aromatic rings. The van der Waals surface area contributed by atoms with Crippen molar-refractivity contribution in [1.82, 2.24) is 16.0 Å². The predicted molar refractivity (Wildman–Crippen MR) is 141 cm³/mol. The van der Waals surface area contributed by atoms with Crippen LogP contribution in [-0.2, 0) is 26.2 Å². The third-order valence-electron chi connectivity index (χ3n) is 5.05. The summed E-state index contributed by atoms with van der Waals surface area (Å²) in [5, 5.41) is 7.71. The van der Waals surface area contributed by atoms with E-state index in [0.717, 1.165) is 22.3 Å². The van der Waals surface area contributed by atoms with Gasteiger partial charge in [-0.2, -0.15) is 0 Å². The second-order valence-corrected chi connectivity index (χ2v) is 7.87. The van der Waals surface area contributed by atoms with Crippen LogP contribution in [0.4, 0.5) is 4.79 Å².